The Morgan fingerprint density at radius 1 is 1.14 bits per heavy atom. The summed E-state index contributed by atoms with van der Waals surface area (Å²) >= 11 is 0. The number of unbranched alkanes of at least 4 members (excludes halogenated alkanes) is 3. The number of rotatable bonds is 9. The van der Waals surface area contributed by atoms with Gasteiger partial charge in [0, 0.05) is 18.7 Å². The van der Waals surface area contributed by atoms with E-state index in [1.807, 2.05) is 0 Å². The molecule has 22 heavy (non-hydrogen) atoms. The molecule has 0 heterocycles. The van der Waals surface area contributed by atoms with Crippen molar-refractivity contribution < 1.29 is 13.2 Å². The number of sulfonamides is 1. The van der Waals surface area contributed by atoms with Crippen LogP contribution in [0.5, 0.6) is 0 Å². The van der Waals surface area contributed by atoms with Crippen LogP contribution in [0.15, 0.2) is 23.1 Å². The van der Waals surface area contributed by atoms with Gasteiger partial charge in [-0.15, -0.1) is 0 Å². The maximum atomic E-state index is 12.2. The second-order valence-electron chi connectivity index (χ2n) is 5.29. The predicted octanol–water partition coefficient (Wildman–Crippen LogP) is 2.60. The van der Waals surface area contributed by atoms with Crippen molar-refractivity contribution in [2.45, 2.75) is 51.3 Å². The summed E-state index contributed by atoms with van der Waals surface area (Å²) in [5.74, 6) is -0.220. The standard InChI is InChI=1S/C16H26N2O3S/c1-4-6-7-8-11-17-16(19)15-12-14(10-9-13(15)3)22(20,21)18-5-2/h9-10,12,18H,4-8,11H2,1-3H3,(H,17,19). The van der Waals surface area contributed by atoms with Crippen molar-refractivity contribution in [3.63, 3.8) is 0 Å². The molecule has 0 aliphatic carbocycles. The minimum atomic E-state index is -3.55. The van der Waals surface area contributed by atoms with E-state index in [0.29, 0.717) is 18.7 Å². The number of amides is 1. The van der Waals surface area contributed by atoms with Crippen molar-refractivity contribution in [3.8, 4) is 0 Å². The molecule has 0 radical (unpaired) electrons. The second kappa shape index (κ2) is 8.90. The molecule has 1 amide bonds. The summed E-state index contributed by atoms with van der Waals surface area (Å²) in [7, 11) is -3.55. The molecule has 0 bridgehead atoms. The molecule has 0 unspecified atom stereocenters. The predicted molar refractivity (Wildman–Crippen MR) is 88.5 cm³/mol. The Morgan fingerprint density at radius 2 is 1.86 bits per heavy atom. The molecule has 0 saturated heterocycles. The third-order valence-electron chi connectivity index (χ3n) is 3.41. The van der Waals surface area contributed by atoms with Crippen LogP contribution >= 0.6 is 0 Å². The van der Waals surface area contributed by atoms with Gasteiger partial charge in [-0.1, -0.05) is 39.2 Å². The molecule has 2 N–H and O–H groups in total. The van der Waals surface area contributed by atoms with Crippen LogP contribution in [0.2, 0.25) is 0 Å². The number of nitrogens with one attached hydrogen (secondary N) is 2. The minimum absolute atomic E-state index is 0.121. The van der Waals surface area contributed by atoms with Gasteiger partial charge >= 0.3 is 0 Å². The Bertz CT molecular complexity index is 597. The average Bonchev–Trinajstić information content (AvgIpc) is 2.47. The topological polar surface area (TPSA) is 75.3 Å². The van der Waals surface area contributed by atoms with Gasteiger partial charge in [0.15, 0.2) is 0 Å². The van der Waals surface area contributed by atoms with Gasteiger partial charge in [-0.05, 0) is 31.0 Å². The Hall–Kier alpha value is -1.40. The zero-order chi connectivity index (χ0) is 16.6. The smallest absolute Gasteiger partial charge is 0.251 e. The van der Waals surface area contributed by atoms with Gasteiger partial charge in [0.2, 0.25) is 10.0 Å². The van der Waals surface area contributed by atoms with E-state index in [2.05, 4.69) is 17.0 Å². The first kappa shape index (κ1) is 18.6. The molecular weight excluding hydrogens is 300 g/mol. The highest BCUT2D eigenvalue weighted by Gasteiger charge is 2.16. The molecule has 0 aromatic heterocycles. The average molecular weight is 326 g/mol. The molecule has 0 atom stereocenters. The molecule has 1 aromatic carbocycles. The van der Waals surface area contributed by atoms with E-state index in [1.165, 1.54) is 12.1 Å². The first-order chi connectivity index (χ1) is 10.4. The highest BCUT2D eigenvalue weighted by Crippen LogP contribution is 2.15. The molecule has 0 saturated carbocycles. The SMILES string of the molecule is CCCCCCNC(=O)c1cc(S(=O)(=O)NCC)ccc1C. The van der Waals surface area contributed by atoms with E-state index < -0.39 is 10.0 Å². The third kappa shape index (κ3) is 5.42. The Balaban J connectivity index is 2.79. The van der Waals surface area contributed by atoms with Gasteiger partial charge in [0.25, 0.3) is 5.91 Å². The van der Waals surface area contributed by atoms with Crippen LogP contribution in [0, 0.1) is 6.92 Å². The number of hydrogen-bond acceptors (Lipinski definition) is 3. The first-order valence-corrected chi connectivity index (χ1v) is 9.29. The van der Waals surface area contributed by atoms with Crippen LogP contribution in [-0.4, -0.2) is 27.4 Å². The zero-order valence-corrected chi connectivity index (χ0v) is 14.4. The molecule has 0 aliphatic rings. The fourth-order valence-electron chi connectivity index (χ4n) is 2.14. The van der Waals surface area contributed by atoms with Crippen LogP contribution in [-0.2, 0) is 10.0 Å². The molecule has 124 valence electrons. The highest BCUT2D eigenvalue weighted by atomic mass is 32.2. The van der Waals surface area contributed by atoms with Crippen molar-refractivity contribution in [2.75, 3.05) is 13.1 Å². The molecule has 0 fully saturated rings. The minimum Gasteiger partial charge on any atom is -0.352 e. The molecular formula is C16H26N2O3S. The molecule has 6 heteroatoms. The van der Waals surface area contributed by atoms with Crippen LogP contribution in [0.25, 0.3) is 0 Å². The maximum absolute atomic E-state index is 12.2. The number of carbonyl (C=O) groups excluding carboxylic acids is 1. The quantitative estimate of drug-likeness (QED) is 0.685. The van der Waals surface area contributed by atoms with E-state index >= 15 is 0 Å². The summed E-state index contributed by atoms with van der Waals surface area (Å²) in [6.45, 7) is 6.58. The lowest BCUT2D eigenvalue weighted by atomic mass is 10.1. The summed E-state index contributed by atoms with van der Waals surface area (Å²) in [5, 5.41) is 2.86. The van der Waals surface area contributed by atoms with E-state index in [-0.39, 0.29) is 10.8 Å². The first-order valence-electron chi connectivity index (χ1n) is 7.81. The zero-order valence-electron chi connectivity index (χ0n) is 13.6. The monoisotopic (exact) mass is 326 g/mol. The van der Waals surface area contributed by atoms with E-state index in [9.17, 15) is 13.2 Å². The van der Waals surface area contributed by atoms with Gasteiger partial charge < -0.3 is 5.32 Å². The van der Waals surface area contributed by atoms with Crippen LogP contribution in [0.4, 0.5) is 0 Å². The van der Waals surface area contributed by atoms with Crippen molar-refractivity contribution >= 4 is 15.9 Å². The van der Waals surface area contributed by atoms with Crippen molar-refractivity contribution in [2.24, 2.45) is 0 Å². The largest absolute Gasteiger partial charge is 0.352 e. The summed E-state index contributed by atoms with van der Waals surface area (Å²) in [4.78, 5) is 12.3. The van der Waals surface area contributed by atoms with Gasteiger partial charge in [-0.3, -0.25) is 4.79 Å². The summed E-state index contributed by atoms with van der Waals surface area (Å²) in [6, 6.07) is 4.62. The Morgan fingerprint density at radius 3 is 2.50 bits per heavy atom. The van der Waals surface area contributed by atoms with Crippen LogP contribution in [0.3, 0.4) is 0 Å². The second-order valence-corrected chi connectivity index (χ2v) is 7.06. The Kier molecular flexibility index (Phi) is 7.55. The molecule has 0 spiro atoms. The summed E-state index contributed by atoms with van der Waals surface area (Å²) in [6.07, 6.45) is 4.33. The van der Waals surface area contributed by atoms with E-state index in [0.717, 1.165) is 31.2 Å². The summed E-state index contributed by atoms with van der Waals surface area (Å²) in [5.41, 5.74) is 1.18. The fraction of sp³-hybridized carbons (Fsp3) is 0.562. The van der Waals surface area contributed by atoms with Gasteiger partial charge in [-0.2, -0.15) is 0 Å². The third-order valence-corrected chi connectivity index (χ3v) is 4.96. The molecule has 5 nitrogen and oxygen atoms in total. The van der Waals surface area contributed by atoms with Crippen molar-refractivity contribution in [1.29, 1.82) is 0 Å². The normalized spacial score (nSPS) is 11.4. The van der Waals surface area contributed by atoms with Crippen LogP contribution in [0.1, 0.15) is 55.5 Å². The summed E-state index contributed by atoms with van der Waals surface area (Å²) < 4.78 is 26.4. The highest BCUT2D eigenvalue weighted by molar-refractivity contribution is 7.89. The molecule has 0 aliphatic heterocycles. The number of carbonyl (C=O) groups is 1. The van der Waals surface area contributed by atoms with Gasteiger partial charge in [0.1, 0.15) is 0 Å². The van der Waals surface area contributed by atoms with Crippen molar-refractivity contribution in [1.82, 2.24) is 10.0 Å². The van der Waals surface area contributed by atoms with Crippen LogP contribution < -0.4 is 10.0 Å². The number of hydrogen-bond donors (Lipinski definition) is 2. The Labute approximate surface area is 133 Å². The number of benzene rings is 1. The number of aryl methyl sites for hydroxylation is 1. The van der Waals surface area contributed by atoms with Gasteiger partial charge in [-0.25, -0.2) is 13.1 Å². The van der Waals surface area contributed by atoms with Crippen molar-refractivity contribution in [3.05, 3.63) is 29.3 Å². The van der Waals surface area contributed by atoms with E-state index in [1.54, 1.807) is 19.9 Å². The van der Waals surface area contributed by atoms with Gasteiger partial charge in [0.05, 0.1) is 4.90 Å². The lowest BCUT2D eigenvalue weighted by molar-refractivity contribution is 0.0952. The molecule has 1 aromatic rings. The van der Waals surface area contributed by atoms with E-state index in [4.69, 9.17) is 0 Å². The fourth-order valence-corrected chi connectivity index (χ4v) is 3.20. The maximum Gasteiger partial charge on any atom is 0.251 e. The molecule has 1 rings (SSSR count). The lowest BCUT2D eigenvalue weighted by Gasteiger charge is -2.10. The lowest BCUT2D eigenvalue weighted by Crippen LogP contribution is -2.27.